The third-order valence-electron chi connectivity index (χ3n) is 4.03. The normalized spacial score (nSPS) is 15.0. The molecule has 1 aliphatic rings. The smallest absolute Gasteiger partial charge is 0.238 e. The highest BCUT2D eigenvalue weighted by Gasteiger charge is 2.13. The number of nitrogens with one attached hydrogen (secondary N) is 1. The molecule has 1 aromatic rings. The van der Waals surface area contributed by atoms with E-state index in [0.717, 1.165) is 37.6 Å². The van der Waals surface area contributed by atoms with Crippen LogP contribution in [-0.4, -0.2) is 60.2 Å². The summed E-state index contributed by atoms with van der Waals surface area (Å²) in [6, 6.07) is 3.88. The van der Waals surface area contributed by atoms with Gasteiger partial charge in [-0.1, -0.05) is 6.92 Å². The van der Waals surface area contributed by atoms with Crippen molar-refractivity contribution in [3.8, 4) is 0 Å². The topological polar surface area (TPSA) is 68.7 Å². The van der Waals surface area contributed by atoms with E-state index in [-0.39, 0.29) is 12.5 Å². The van der Waals surface area contributed by atoms with Gasteiger partial charge in [0.2, 0.25) is 5.91 Å². The second kappa shape index (κ2) is 9.47. The lowest BCUT2D eigenvalue weighted by molar-refractivity contribution is -0.117. The summed E-state index contributed by atoms with van der Waals surface area (Å²) in [5.41, 5.74) is 0.719. The highest BCUT2D eigenvalue weighted by Crippen LogP contribution is 2.18. The predicted octanol–water partition coefficient (Wildman–Crippen LogP) is 1.71. The molecule has 0 saturated carbocycles. The summed E-state index contributed by atoms with van der Waals surface area (Å²) in [5, 5.41) is 11.9. The van der Waals surface area contributed by atoms with Gasteiger partial charge in [-0.25, -0.2) is 4.98 Å². The maximum Gasteiger partial charge on any atom is 0.238 e. The summed E-state index contributed by atoms with van der Waals surface area (Å²) >= 11 is 0. The van der Waals surface area contributed by atoms with E-state index in [1.165, 1.54) is 19.3 Å². The Bertz CT molecular complexity index is 466. The van der Waals surface area contributed by atoms with Crippen LogP contribution in [0.4, 0.5) is 11.5 Å². The third kappa shape index (κ3) is 5.80. The number of aliphatic hydroxyl groups is 1. The molecule has 6 nitrogen and oxygen atoms in total. The van der Waals surface area contributed by atoms with Gasteiger partial charge < -0.3 is 15.3 Å². The van der Waals surface area contributed by atoms with Gasteiger partial charge in [-0.3, -0.25) is 9.69 Å². The molecule has 2 rings (SSSR count). The number of hydrogen-bond acceptors (Lipinski definition) is 5. The number of amides is 1. The van der Waals surface area contributed by atoms with E-state index >= 15 is 0 Å². The van der Waals surface area contributed by atoms with Crippen LogP contribution in [0.3, 0.4) is 0 Å². The number of hydrogen-bond donors (Lipinski definition) is 2. The van der Waals surface area contributed by atoms with Gasteiger partial charge in [0, 0.05) is 19.6 Å². The maximum atomic E-state index is 12.1. The van der Waals surface area contributed by atoms with E-state index in [4.69, 9.17) is 5.11 Å². The molecule has 1 fully saturated rings. The fraction of sp³-hybridized carbons (Fsp3) is 0.647. The van der Waals surface area contributed by atoms with Crippen LogP contribution in [0.1, 0.15) is 32.6 Å². The molecule has 1 amide bonds. The SMILES string of the molecule is CCCN(CCO)CC(=O)Nc1ccc(N2CCCCC2)nc1. The van der Waals surface area contributed by atoms with E-state index in [2.05, 4.69) is 22.1 Å². The highest BCUT2D eigenvalue weighted by atomic mass is 16.3. The minimum absolute atomic E-state index is 0.0688. The van der Waals surface area contributed by atoms with Crippen molar-refractivity contribution in [2.75, 3.05) is 49.5 Å². The van der Waals surface area contributed by atoms with E-state index < -0.39 is 0 Å². The van der Waals surface area contributed by atoms with Gasteiger partial charge in [-0.05, 0) is 44.4 Å². The minimum atomic E-state index is -0.0700. The molecule has 0 atom stereocenters. The molecule has 0 unspecified atom stereocenters. The molecule has 0 aliphatic carbocycles. The first kappa shape index (κ1) is 17.7. The van der Waals surface area contributed by atoms with Gasteiger partial charge in [0.05, 0.1) is 25.0 Å². The molecule has 0 aromatic carbocycles. The number of carbonyl (C=O) groups excluding carboxylic acids is 1. The van der Waals surface area contributed by atoms with E-state index in [1.54, 1.807) is 6.20 Å². The zero-order valence-electron chi connectivity index (χ0n) is 14.0. The Hall–Kier alpha value is -1.66. The number of piperidine rings is 1. The van der Waals surface area contributed by atoms with Crippen LogP contribution in [0.15, 0.2) is 18.3 Å². The fourth-order valence-corrected chi connectivity index (χ4v) is 2.90. The van der Waals surface area contributed by atoms with Gasteiger partial charge in [0.25, 0.3) is 0 Å². The molecular formula is C17H28N4O2. The second-order valence-electron chi connectivity index (χ2n) is 6.00. The van der Waals surface area contributed by atoms with Crippen LogP contribution in [0.25, 0.3) is 0 Å². The third-order valence-corrected chi connectivity index (χ3v) is 4.03. The largest absolute Gasteiger partial charge is 0.395 e. The van der Waals surface area contributed by atoms with Gasteiger partial charge in [-0.15, -0.1) is 0 Å². The Morgan fingerprint density at radius 3 is 2.70 bits per heavy atom. The fourth-order valence-electron chi connectivity index (χ4n) is 2.90. The zero-order valence-corrected chi connectivity index (χ0v) is 14.0. The number of aromatic nitrogens is 1. The Labute approximate surface area is 138 Å². The lowest BCUT2D eigenvalue weighted by atomic mass is 10.1. The number of pyridine rings is 1. The first-order valence-corrected chi connectivity index (χ1v) is 8.57. The van der Waals surface area contributed by atoms with Crippen LogP contribution in [0.5, 0.6) is 0 Å². The van der Waals surface area contributed by atoms with Crippen LogP contribution >= 0.6 is 0 Å². The van der Waals surface area contributed by atoms with Gasteiger partial charge >= 0.3 is 0 Å². The molecule has 1 aromatic heterocycles. The molecule has 23 heavy (non-hydrogen) atoms. The van der Waals surface area contributed by atoms with E-state index in [1.807, 2.05) is 17.0 Å². The zero-order chi connectivity index (χ0) is 16.5. The molecule has 2 heterocycles. The maximum absolute atomic E-state index is 12.1. The molecule has 2 N–H and O–H groups in total. The molecule has 0 spiro atoms. The molecule has 128 valence electrons. The van der Waals surface area contributed by atoms with Crippen molar-refractivity contribution >= 4 is 17.4 Å². The summed E-state index contributed by atoms with van der Waals surface area (Å²) in [4.78, 5) is 20.8. The van der Waals surface area contributed by atoms with Crippen molar-refractivity contribution < 1.29 is 9.90 Å². The Morgan fingerprint density at radius 2 is 2.09 bits per heavy atom. The average Bonchev–Trinajstić information content (AvgIpc) is 2.57. The van der Waals surface area contributed by atoms with Crippen molar-refractivity contribution in [1.82, 2.24) is 9.88 Å². The predicted molar refractivity (Wildman–Crippen MR) is 92.7 cm³/mol. The second-order valence-corrected chi connectivity index (χ2v) is 6.00. The monoisotopic (exact) mass is 320 g/mol. The van der Waals surface area contributed by atoms with Gasteiger partial charge in [-0.2, -0.15) is 0 Å². The molecule has 1 aliphatic heterocycles. The quantitative estimate of drug-likeness (QED) is 0.763. The lowest BCUT2D eigenvalue weighted by Gasteiger charge is -2.27. The lowest BCUT2D eigenvalue weighted by Crippen LogP contribution is -2.35. The van der Waals surface area contributed by atoms with Crippen LogP contribution < -0.4 is 10.2 Å². The van der Waals surface area contributed by atoms with Gasteiger partial charge in [0.15, 0.2) is 0 Å². The van der Waals surface area contributed by atoms with Crippen LogP contribution in [-0.2, 0) is 4.79 Å². The average molecular weight is 320 g/mol. The van der Waals surface area contributed by atoms with E-state index in [0.29, 0.717) is 13.1 Å². The number of anilines is 2. The van der Waals surface area contributed by atoms with Gasteiger partial charge in [0.1, 0.15) is 5.82 Å². The van der Waals surface area contributed by atoms with Crippen molar-refractivity contribution in [3.05, 3.63) is 18.3 Å². The number of nitrogens with zero attached hydrogens (tertiary/aromatic N) is 3. The van der Waals surface area contributed by atoms with Crippen molar-refractivity contribution in [1.29, 1.82) is 0 Å². The van der Waals surface area contributed by atoms with Crippen LogP contribution in [0.2, 0.25) is 0 Å². The minimum Gasteiger partial charge on any atom is -0.395 e. The Morgan fingerprint density at radius 1 is 1.30 bits per heavy atom. The summed E-state index contributed by atoms with van der Waals surface area (Å²) in [6.07, 6.45) is 6.42. The summed E-state index contributed by atoms with van der Waals surface area (Å²) in [6.45, 7) is 5.87. The first-order chi connectivity index (χ1) is 11.2. The molecule has 0 radical (unpaired) electrons. The number of rotatable bonds is 8. The van der Waals surface area contributed by atoms with Crippen molar-refractivity contribution in [2.45, 2.75) is 32.6 Å². The summed E-state index contributed by atoms with van der Waals surface area (Å²) < 4.78 is 0. The van der Waals surface area contributed by atoms with E-state index in [9.17, 15) is 4.79 Å². The van der Waals surface area contributed by atoms with Crippen molar-refractivity contribution in [2.24, 2.45) is 0 Å². The Kier molecular flexibility index (Phi) is 7.29. The summed E-state index contributed by atoms with van der Waals surface area (Å²) in [5.74, 6) is 0.912. The standard InChI is InChI=1S/C17H28N4O2/c1-2-8-20(11-12-22)14-17(23)19-15-6-7-16(18-13-15)21-9-4-3-5-10-21/h6-7,13,22H,2-5,8-12,14H2,1H3,(H,19,23). The first-order valence-electron chi connectivity index (χ1n) is 8.57. The highest BCUT2D eigenvalue weighted by molar-refractivity contribution is 5.92. The van der Waals surface area contributed by atoms with Crippen molar-refractivity contribution in [3.63, 3.8) is 0 Å². The molecule has 0 bridgehead atoms. The Balaban J connectivity index is 1.85. The summed E-state index contributed by atoms with van der Waals surface area (Å²) in [7, 11) is 0. The number of aliphatic hydroxyl groups excluding tert-OH is 1. The number of carbonyl (C=O) groups is 1. The molecular weight excluding hydrogens is 292 g/mol. The van der Waals surface area contributed by atoms with Crippen LogP contribution in [0, 0.1) is 0 Å². The molecule has 1 saturated heterocycles. The molecule has 6 heteroatoms.